The summed E-state index contributed by atoms with van der Waals surface area (Å²) in [5.74, 6) is 0. The van der Waals surface area contributed by atoms with Crippen molar-refractivity contribution in [2.24, 2.45) is 0 Å². The van der Waals surface area contributed by atoms with Crippen molar-refractivity contribution in [3.63, 3.8) is 0 Å². The maximum absolute atomic E-state index is 4.49. The summed E-state index contributed by atoms with van der Waals surface area (Å²) >= 11 is 4.49. The molecule has 0 amide bonds. The summed E-state index contributed by atoms with van der Waals surface area (Å²) < 4.78 is 0. The normalized spacial score (nSPS) is 11.3. The molecule has 26 heavy (non-hydrogen) atoms. The average molecular weight is 353 g/mol. The van der Waals surface area contributed by atoms with Crippen molar-refractivity contribution >= 4 is 12.6 Å². The van der Waals surface area contributed by atoms with Gasteiger partial charge in [-0.25, -0.2) is 0 Å². The first-order chi connectivity index (χ1) is 12.8. The van der Waals surface area contributed by atoms with Gasteiger partial charge in [0.05, 0.1) is 5.41 Å². The van der Waals surface area contributed by atoms with Gasteiger partial charge < -0.3 is 0 Å². The molecule has 0 bridgehead atoms. The summed E-state index contributed by atoms with van der Waals surface area (Å²) in [5, 5.41) is 0. The largest absolute Gasteiger partial charge is 0.143 e. The molecule has 0 atom stereocenters. The van der Waals surface area contributed by atoms with Crippen LogP contribution in [0.2, 0.25) is 0 Å². The van der Waals surface area contributed by atoms with Gasteiger partial charge in [-0.3, -0.25) is 0 Å². The molecule has 0 fully saturated rings. The van der Waals surface area contributed by atoms with Gasteiger partial charge in [0.25, 0.3) is 0 Å². The molecule has 4 aromatic carbocycles. The highest BCUT2D eigenvalue weighted by Crippen LogP contribution is 2.44. The molecule has 0 heterocycles. The lowest BCUT2D eigenvalue weighted by atomic mass is 9.65. The molecule has 126 valence electrons. The Bertz CT molecular complexity index is 862. The Morgan fingerprint density at radius 1 is 0.385 bits per heavy atom. The monoisotopic (exact) mass is 352 g/mol. The maximum atomic E-state index is 4.49. The lowest BCUT2D eigenvalue weighted by Crippen LogP contribution is -2.30. The lowest BCUT2D eigenvalue weighted by Gasteiger charge is -2.36. The summed E-state index contributed by atoms with van der Waals surface area (Å²) in [6.07, 6.45) is 0. The second-order valence-electron chi connectivity index (χ2n) is 6.39. The molecular formula is C25H20S. The van der Waals surface area contributed by atoms with Crippen molar-refractivity contribution in [1.82, 2.24) is 0 Å². The second-order valence-corrected chi connectivity index (χ2v) is 6.91. The van der Waals surface area contributed by atoms with Gasteiger partial charge in [0, 0.05) is 4.90 Å². The maximum Gasteiger partial charge on any atom is 0.0701 e. The van der Waals surface area contributed by atoms with E-state index in [-0.39, 0.29) is 5.41 Å². The molecule has 0 aliphatic rings. The quantitative estimate of drug-likeness (QED) is 0.321. The van der Waals surface area contributed by atoms with Crippen LogP contribution in [0.25, 0.3) is 0 Å². The van der Waals surface area contributed by atoms with Crippen molar-refractivity contribution < 1.29 is 0 Å². The van der Waals surface area contributed by atoms with E-state index in [1.165, 1.54) is 22.3 Å². The van der Waals surface area contributed by atoms with Crippen LogP contribution in [0.1, 0.15) is 22.3 Å². The predicted molar refractivity (Wildman–Crippen MR) is 112 cm³/mol. The van der Waals surface area contributed by atoms with Crippen molar-refractivity contribution in [3.05, 3.63) is 138 Å². The summed E-state index contributed by atoms with van der Waals surface area (Å²) in [6, 6.07) is 40.7. The van der Waals surface area contributed by atoms with Gasteiger partial charge in [0.2, 0.25) is 0 Å². The van der Waals surface area contributed by atoms with Crippen LogP contribution < -0.4 is 0 Å². The van der Waals surface area contributed by atoms with Crippen molar-refractivity contribution in [2.45, 2.75) is 10.3 Å². The van der Waals surface area contributed by atoms with Crippen LogP contribution in [0.4, 0.5) is 0 Å². The van der Waals surface area contributed by atoms with E-state index in [2.05, 4.69) is 128 Å². The van der Waals surface area contributed by atoms with Crippen LogP contribution >= 0.6 is 12.6 Å². The summed E-state index contributed by atoms with van der Waals surface area (Å²) in [5.41, 5.74) is 4.63. The molecule has 0 aliphatic carbocycles. The van der Waals surface area contributed by atoms with Crippen LogP contribution in [0, 0.1) is 0 Å². The average Bonchev–Trinajstić information content (AvgIpc) is 2.72. The van der Waals surface area contributed by atoms with Gasteiger partial charge in [-0.2, -0.15) is 0 Å². The van der Waals surface area contributed by atoms with Gasteiger partial charge in [0.15, 0.2) is 0 Å². The Morgan fingerprint density at radius 3 is 1.04 bits per heavy atom. The number of rotatable bonds is 4. The predicted octanol–water partition coefficient (Wildman–Crippen LogP) is 6.36. The van der Waals surface area contributed by atoms with Crippen molar-refractivity contribution in [3.8, 4) is 0 Å². The highest BCUT2D eigenvalue weighted by Gasteiger charge is 2.37. The Kier molecular flexibility index (Phi) is 4.64. The smallest absolute Gasteiger partial charge is 0.0701 e. The fraction of sp³-hybridized carbons (Fsp3) is 0.0400. The lowest BCUT2D eigenvalue weighted by molar-refractivity contribution is 0.744. The van der Waals surface area contributed by atoms with Gasteiger partial charge in [0.1, 0.15) is 0 Å². The summed E-state index contributed by atoms with van der Waals surface area (Å²) in [7, 11) is 0. The molecule has 4 aromatic rings. The van der Waals surface area contributed by atoms with Crippen LogP contribution in [-0.4, -0.2) is 0 Å². The van der Waals surface area contributed by atoms with Gasteiger partial charge in [-0.05, 0) is 34.4 Å². The third-order valence-corrected chi connectivity index (χ3v) is 5.22. The van der Waals surface area contributed by atoms with E-state index in [0.717, 1.165) is 4.90 Å². The Balaban J connectivity index is 2.12. The summed E-state index contributed by atoms with van der Waals surface area (Å²) in [6.45, 7) is 0. The van der Waals surface area contributed by atoms with E-state index >= 15 is 0 Å². The van der Waals surface area contributed by atoms with Crippen molar-refractivity contribution in [1.29, 1.82) is 0 Å². The third-order valence-electron chi connectivity index (χ3n) is 4.92. The molecule has 0 saturated heterocycles. The SMILES string of the molecule is Sc1ccc(C(c2ccccc2)(c2ccccc2)c2ccccc2)cc1. The van der Waals surface area contributed by atoms with E-state index in [1.807, 2.05) is 0 Å². The molecule has 0 saturated carbocycles. The fourth-order valence-electron chi connectivity index (χ4n) is 3.78. The zero-order valence-corrected chi connectivity index (χ0v) is 15.3. The van der Waals surface area contributed by atoms with Crippen molar-refractivity contribution in [2.75, 3.05) is 0 Å². The molecule has 0 spiro atoms. The molecule has 0 radical (unpaired) electrons. The van der Waals surface area contributed by atoms with Crippen LogP contribution in [0.5, 0.6) is 0 Å². The first kappa shape index (κ1) is 16.7. The van der Waals surface area contributed by atoms with E-state index < -0.39 is 0 Å². The fourth-order valence-corrected chi connectivity index (χ4v) is 3.92. The zero-order valence-electron chi connectivity index (χ0n) is 14.4. The zero-order chi connectivity index (χ0) is 17.8. The van der Waals surface area contributed by atoms with E-state index in [4.69, 9.17) is 0 Å². The Hall–Kier alpha value is -2.77. The van der Waals surface area contributed by atoms with Gasteiger partial charge in [-0.15, -0.1) is 12.6 Å². The Labute approximate surface area is 160 Å². The number of hydrogen-bond donors (Lipinski definition) is 1. The molecule has 1 heteroatoms. The number of hydrogen-bond acceptors (Lipinski definition) is 1. The minimum atomic E-state index is -0.370. The minimum absolute atomic E-state index is 0.370. The van der Waals surface area contributed by atoms with Crippen LogP contribution in [-0.2, 0) is 5.41 Å². The van der Waals surface area contributed by atoms with Crippen LogP contribution in [0.15, 0.2) is 120 Å². The van der Waals surface area contributed by atoms with Gasteiger partial charge in [-0.1, -0.05) is 103 Å². The Morgan fingerprint density at radius 2 is 0.692 bits per heavy atom. The number of thiol groups is 1. The second kappa shape index (κ2) is 7.23. The molecule has 4 rings (SSSR count). The molecule has 0 unspecified atom stereocenters. The first-order valence-electron chi connectivity index (χ1n) is 8.78. The van der Waals surface area contributed by atoms with Crippen LogP contribution in [0.3, 0.4) is 0 Å². The van der Waals surface area contributed by atoms with E-state index in [0.29, 0.717) is 0 Å². The molecule has 0 N–H and O–H groups in total. The highest BCUT2D eigenvalue weighted by atomic mass is 32.1. The van der Waals surface area contributed by atoms with Gasteiger partial charge >= 0.3 is 0 Å². The molecule has 0 aromatic heterocycles. The third kappa shape index (κ3) is 2.85. The molecule has 0 nitrogen and oxygen atoms in total. The minimum Gasteiger partial charge on any atom is -0.143 e. The molecular weight excluding hydrogens is 332 g/mol. The summed E-state index contributed by atoms with van der Waals surface area (Å²) in [4.78, 5) is 0.969. The standard InChI is InChI=1S/C25H20S/c26-24-18-16-23(17-19-24)25(20-10-4-1-5-11-20,21-12-6-2-7-13-21)22-14-8-3-9-15-22/h1-19,26H. The first-order valence-corrected chi connectivity index (χ1v) is 9.22. The van der Waals surface area contributed by atoms with E-state index in [1.54, 1.807) is 0 Å². The highest BCUT2D eigenvalue weighted by molar-refractivity contribution is 7.80. The van der Waals surface area contributed by atoms with E-state index in [9.17, 15) is 0 Å². The number of benzene rings is 4. The molecule has 0 aliphatic heterocycles. The topological polar surface area (TPSA) is 0 Å².